The van der Waals surface area contributed by atoms with Crippen molar-refractivity contribution in [2.24, 2.45) is 5.92 Å². The van der Waals surface area contributed by atoms with Crippen molar-refractivity contribution in [1.29, 1.82) is 0 Å². The molecule has 1 aromatic carbocycles. The first-order valence-corrected chi connectivity index (χ1v) is 6.61. The third-order valence-corrected chi connectivity index (χ3v) is 3.66. The summed E-state index contributed by atoms with van der Waals surface area (Å²) < 4.78 is 0. The minimum absolute atomic E-state index is 0.0276. The van der Waals surface area contributed by atoms with Crippen LogP contribution in [0.2, 0.25) is 0 Å². The molecule has 0 spiro atoms. The minimum atomic E-state index is -1.84. The van der Waals surface area contributed by atoms with Gasteiger partial charge >= 0.3 is 0 Å². The van der Waals surface area contributed by atoms with Crippen molar-refractivity contribution in [3.05, 3.63) is 63.3 Å². The largest absolute Gasteiger partial charge is 0.384 e. The molecule has 5 nitrogen and oxygen atoms in total. The monoisotopic (exact) mass is 314 g/mol. The molecule has 20 heavy (non-hydrogen) atoms. The summed E-state index contributed by atoms with van der Waals surface area (Å²) in [5.74, 6) is -0.583. The van der Waals surface area contributed by atoms with Gasteiger partial charge in [0, 0.05) is 24.2 Å². The van der Waals surface area contributed by atoms with Gasteiger partial charge in [-0.2, -0.15) is 0 Å². The molecule has 1 aliphatic carbocycles. The van der Waals surface area contributed by atoms with Gasteiger partial charge in [-0.1, -0.05) is 41.4 Å². The number of aliphatic hydroxyl groups is 1. The molecule has 1 aromatic rings. The Morgan fingerprint density at radius 3 is 2.65 bits per heavy atom. The number of alkyl halides is 1. The highest BCUT2D eigenvalue weighted by Crippen LogP contribution is 2.36. The van der Waals surface area contributed by atoms with E-state index < -0.39 is 15.9 Å². The number of hydrogen-bond acceptors (Lipinski definition) is 4. The van der Waals surface area contributed by atoms with Crippen LogP contribution in [0.5, 0.6) is 0 Å². The molecule has 0 fully saturated rings. The van der Waals surface area contributed by atoms with E-state index in [1.165, 1.54) is 6.08 Å². The third-order valence-electron chi connectivity index (χ3n) is 2.95. The molecule has 2 N–H and O–H groups in total. The molecule has 0 saturated carbocycles. The quantitative estimate of drug-likeness (QED) is 0.509. The van der Waals surface area contributed by atoms with Crippen LogP contribution >= 0.6 is 23.2 Å². The maximum atomic E-state index is 10.8. The van der Waals surface area contributed by atoms with E-state index in [9.17, 15) is 15.2 Å². The number of halogens is 2. The number of rotatable bonds is 4. The Labute approximate surface area is 125 Å². The third kappa shape index (κ3) is 3.30. The topological polar surface area (TPSA) is 75.4 Å². The zero-order valence-electron chi connectivity index (χ0n) is 10.3. The lowest BCUT2D eigenvalue weighted by Gasteiger charge is -2.28. The lowest BCUT2D eigenvalue weighted by atomic mass is 9.95. The predicted molar refractivity (Wildman–Crippen MR) is 78.2 cm³/mol. The Kier molecular flexibility index (Phi) is 4.32. The molecule has 2 atom stereocenters. The SMILES string of the molecule is O=[N+]([O-])C1=CC(O)(Cl)C(CNc2ccccc2)C=C1Cl. The van der Waals surface area contributed by atoms with Crippen molar-refractivity contribution in [2.75, 3.05) is 11.9 Å². The van der Waals surface area contributed by atoms with Crippen LogP contribution in [0.1, 0.15) is 0 Å². The molecule has 0 radical (unpaired) electrons. The number of hydrogen-bond donors (Lipinski definition) is 2. The van der Waals surface area contributed by atoms with Gasteiger partial charge < -0.3 is 10.4 Å². The molecule has 0 saturated heterocycles. The summed E-state index contributed by atoms with van der Waals surface area (Å²) in [6, 6.07) is 9.33. The van der Waals surface area contributed by atoms with Crippen molar-refractivity contribution in [3.63, 3.8) is 0 Å². The number of nitrogens with one attached hydrogen (secondary N) is 1. The molecule has 2 rings (SSSR count). The fourth-order valence-electron chi connectivity index (χ4n) is 1.87. The highest BCUT2D eigenvalue weighted by atomic mass is 35.5. The summed E-state index contributed by atoms with van der Waals surface area (Å²) in [5, 5.41) is 22.1. The summed E-state index contributed by atoms with van der Waals surface area (Å²) in [6.45, 7) is 0.293. The summed E-state index contributed by atoms with van der Waals surface area (Å²) in [5.41, 5.74) is 0.466. The van der Waals surface area contributed by atoms with E-state index in [0.29, 0.717) is 6.54 Å². The van der Waals surface area contributed by atoms with Crippen LogP contribution < -0.4 is 5.32 Å². The Morgan fingerprint density at radius 2 is 2.05 bits per heavy atom. The van der Waals surface area contributed by atoms with E-state index in [4.69, 9.17) is 23.2 Å². The molecular formula is C13H12Cl2N2O3. The molecule has 106 valence electrons. The van der Waals surface area contributed by atoms with Crippen LogP contribution in [0, 0.1) is 16.0 Å². The van der Waals surface area contributed by atoms with Crippen molar-refractivity contribution in [3.8, 4) is 0 Å². The Bertz CT molecular complexity index is 570. The summed E-state index contributed by atoms with van der Waals surface area (Å²) >= 11 is 11.8. The first-order valence-electron chi connectivity index (χ1n) is 5.85. The van der Waals surface area contributed by atoms with E-state index in [1.54, 1.807) is 0 Å². The second-order valence-electron chi connectivity index (χ2n) is 4.38. The predicted octanol–water partition coefficient (Wildman–Crippen LogP) is 2.94. The minimum Gasteiger partial charge on any atom is -0.384 e. The zero-order chi connectivity index (χ0) is 14.8. The van der Waals surface area contributed by atoms with E-state index in [2.05, 4.69) is 5.32 Å². The molecule has 0 aliphatic heterocycles. The van der Waals surface area contributed by atoms with Gasteiger partial charge in [-0.15, -0.1) is 0 Å². The first-order chi connectivity index (χ1) is 9.40. The molecule has 0 aromatic heterocycles. The van der Waals surface area contributed by atoms with Crippen LogP contribution in [0.15, 0.2) is 53.2 Å². The van der Waals surface area contributed by atoms with Gasteiger partial charge in [0.25, 0.3) is 5.70 Å². The fraction of sp³-hybridized carbons (Fsp3) is 0.231. The Morgan fingerprint density at radius 1 is 1.40 bits per heavy atom. The summed E-state index contributed by atoms with van der Waals surface area (Å²) in [4.78, 5) is 10.1. The van der Waals surface area contributed by atoms with E-state index in [0.717, 1.165) is 11.8 Å². The van der Waals surface area contributed by atoms with Gasteiger partial charge in [0.2, 0.25) is 0 Å². The number of para-hydroxylation sites is 1. The van der Waals surface area contributed by atoms with Crippen LogP contribution in [0.25, 0.3) is 0 Å². The highest BCUT2D eigenvalue weighted by molar-refractivity contribution is 6.32. The van der Waals surface area contributed by atoms with Crippen LogP contribution in [-0.2, 0) is 0 Å². The van der Waals surface area contributed by atoms with Crippen molar-refractivity contribution < 1.29 is 10.0 Å². The number of anilines is 1. The molecule has 2 unspecified atom stereocenters. The van der Waals surface area contributed by atoms with E-state index in [1.807, 2.05) is 30.3 Å². The van der Waals surface area contributed by atoms with Gasteiger partial charge in [0.05, 0.1) is 4.92 Å². The highest BCUT2D eigenvalue weighted by Gasteiger charge is 2.39. The van der Waals surface area contributed by atoms with Crippen molar-refractivity contribution in [2.45, 2.75) is 5.06 Å². The maximum Gasteiger partial charge on any atom is 0.287 e. The first kappa shape index (κ1) is 14.8. The number of benzene rings is 1. The molecule has 0 bridgehead atoms. The average molecular weight is 315 g/mol. The van der Waals surface area contributed by atoms with Gasteiger partial charge in [-0.3, -0.25) is 10.1 Å². The van der Waals surface area contributed by atoms with Gasteiger partial charge in [0.15, 0.2) is 5.06 Å². The van der Waals surface area contributed by atoms with Gasteiger partial charge in [0.1, 0.15) is 5.03 Å². The Hall–Kier alpha value is -1.56. The number of nitro groups is 1. The zero-order valence-corrected chi connectivity index (χ0v) is 11.8. The van der Waals surface area contributed by atoms with Gasteiger partial charge in [-0.05, 0) is 18.2 Å². The Balaban J connectivity index is 2.12. The lowest BCUT2D eigenvalue weighted by molar-refractivity contribution is -0.421. The summed E-state index contributed by atoms with van der Waals surface area (Å²) in [6.07, 6.45) is 2.36. The smallest absolute Gasteiger partial charge is 0.287 e. The molecule has 0 heterocycles. The van der Waals surface area contributed by atoms with Gasteiger partial charge in [-0.25, -0.2) is 0 Å². The number of nitrogens with zero attached hydrogens (tertiary/aromatic N) is 1. The van der Waals surface area contributed by atoms with Crippen LogP contribution in [0.4, 0.5) is 5.69 Å². The van der Waals surface area contributed by atoms with E-state index in [-0.39, 0.29) is 10.7 Å². The number of allylic oxidation sites excluding steroid dienone is 1. The molecular weight excluding hydrogens is 303 g/mol. The summed E-state index contributed by atoms with van der Waals surface area (Å²) in [7, 11) is 0. The fourth-order valence-corrected chi connectivity index (χ4v) is 2.39. The molecule has 7 heteroatoms. The average Bonchev–Trinajstić information content (AvgIpc) is 2.40. The van der Waals surface area contributed by atoms with Crippen LogP contribution in [0.3, 0.4) is 0 Å². The van der Waals surface area contributed by atoms with Crippen molar-refractivity contribution in [1.82, 2.24) is 0 Å². The van der Waals surface area contributed by atoms with Crippen LogP contribution in [-0.4, -0.2) is 21.6 Å². The maximum absolute atomic E-state index is 10.8. The second-order valence-corrected chi connectivity index (χ2v) is 5.39. The standard InChI is InChI=1S/C13H12Cl2N2O3/c14-11-6-9(8-16-10-4-2-1-3-5-10)13(15,18)7-12(11)17(19)20/h1-7,9,16,18H,8H2. The normalized spacial score (nSPS) is 25.6. The second kappa shape index (κ2) is 5.83. The molecule has 1 aliphatic rings. The van der Waals surface area contributed by atoms with Crippen molar-refractivity contribution >= 4 is 28.9 Å². The van der Waals surface area contributed by atoms with E-state index >= 15 is 0 Å². The molecule has 0 amide bonds. The lowest BCUT2D eigenvalue weighted by Crippen LogP contribution is -2.36.